The smallest absolute Gasteiger partial charge is 0.360 e. The standard InChI is InChI=1S/C10H10ClN3O4S/c1-2-3-18-14-8(9(16)17)6-5-19-10(12-6)13-7(15)4-11/h2,5H,1,3-4H2,(H,16,17)(H,12,13,15)/b14-8+. The van der Waals surface area contributed by atoms with Gasteiger partial charge in [0.1, 0.15) is 18.2 Å². The van der Waals surface area contributed by atoms with Crippen LogP contribution in [0, 0.1) is 0 Å². The van der Waals surface area contributed by atoms with E-state index >= 15 is 0 Å². The van der Waals surface area contributed by atoms with E-state index in [1.54, 1.807) is 0 Å². The van der Waals surface area contributed by atoms with E-state index in [2.05, 4.69) is 22.0 Å². The second-order valence-corrected chi connectivity index (χ2v) is 4.17. The number of amides is 1. The summed E-state index contributed by atoms with van der Waals surface area (Å²) < 4.78 is 0. The molecule has 19 heavy (non-hydrogen) atoms. The van der Waals surface area contributed by atoms with Gasteiger partial charge in [0.2, 0.25) is 11.6 Å². The highest BCUT2D eigenvalue weighted by molar-refractivity contribution is 7.14. The predicted octanol–water partition coefficient (Wildman–Crippen LogP) is 1.31. The van der Waals surface area contributed by atoms with Gasteiger partial charge in [-0.3, -0.25) is 4.79 Å². The third-order valence-electron chi connectivity index (χ3n) is 1.67. The monoisotopic (exact) mass is 303 g/mol. The number of rotatable bonds is 7. The van der Waals surface area contributed by atoms with Gasteiger partial charge in [0, 0.05) is 5.38 Å². The number of nitrogens with zero attached hydrogens (tertiary/aromatic N) is 2. The second-order valence-electron chi connectivity index (χ2n) is 3.05. The molecular formula is C10H10ClN3O4S. The molecule has 102 valence electrons. The topological polar surface area (TPSA) is 101 Å². The molecular weight excluding hydrogens is 294 g/mol. The SMILES string of the molecule is C=CCO/N=C(/C(=O)O)c1csc(NC(=O)CCl)n1. The maximum atomic E-state index is 11.0. The van der Waals surface area contributed by atoms with E-state index < -0.39 is 11.9 Å². The van der Waals surface area contributed by atoms with Crippen molar-refractivity contribution in [2.75, 3.05) is 17.8 Å². The van der Waals surface area contributed by atoms with Crippen LogP contribution in [0.4, 0.5) is 5.13 Å². The second kappa shape index (κ2) is 7.49. The molecule has 0 saturated carbocycles. The van der Waals surface area contributed by atoms with E-state index in [-0.39, 0.29) is 29.0 Å². The van der Waals surface area contributed by atoms with Crippen molar-refractivity contribution in [1.29, 1.82) is 0 Å². The average molecular weight is 304 g/mol. The minimum Gasteiger partial charge on any atom is -0.476 e. The quantitative estimate of drug-likeness (QED) is 0.260. The van der Waals surface area contributed by atoms with Crippen LogP contribution in [0.1, 0.15) is 5.69 Å². The van der Waals surface area contributed by atoms with Gasteiger partial charge in [0.05, 0.1) is 0 Å². The highest BCUT2D eigenvalue weighted by Crippen LogP contribution is 2.16. The summed E-state index contributed by atoms with van der Waals surface area (Å²) in [5, 5.41) is 16.5. The number of carboxylic acid groups (broad SMARTS) is 1. The Hall–Kier alpha value is -1.93. The summed E-state index contributed by atoms with van der Waals surface area (Å²) >= 11 is 6.38. The average Bonchev–Trinajstić information content (AvgIpc) is 2.82. The molecule has 0 aromatic carbocycles. The number of hydrogen-bond donors (Lipinski definition) is 2. The molecule has 1 aromatic heterocycles. The van der Waals surface area contributed by atoms with Crippen molar-refractivity contribution in [3.8, 4) is 0 Å². The van der Waals surface area contributed by atoms with Crippen molar-refractivity contribution in [2.24, 2.45) is 5.16 Å². The largest absolute Gasteiger partial charge is 0.476 e. The van der Waals surface area contributed by atoms with Crippen LogP contribution in [0.3, 0.4) is 0 Å². The molecule has 0 atom stereocenters. The first kappa shape index (κ1) is 15.1. The third-order valence-corrected chi connectivity index (χ3v) is 2.67. The molecule has 0 saturated heterocycles. The predicted molar refractivity (Wildman–Crippen MR) is 71.8 cm³/mol. The molecule has 0 bridgehead atoms. The van der Waals surface area contributed by atoms with Crippen LogP contribution in [0.2, 0.25) is 0 Å². The Morgan fingerprint density at radius 1 is 1.68 bits per heavy atom. The normalized spacial score (nSPS) is 10.9. The van der Waals surface area contributed by atoms with Gasteiger partial charge in [-0.25, -0.2) is 9.78 Å². The van der Waals surface area contributed by atoms with Gasteiger partial charge in [-0.15, -0.1) is 22.9 Å². The maximum absolute atomic E-state index is 11.0. The molecule has 1 heterocycles. The molecule has 0 radical (unpaired) electrons. The third kappa shape index (κ3) is 4.68. The van der Waals surface area contributed by atoms with Crippen molar-refractivity contribution in [1.82, 2.24) is 4.98 Å². The summed E-state index contributed by atoms with van der Waals surface area (Å²) in [6.45, 7) is 3.49. The molecule has 9 heteroatoms. The van der Waals surface area contributed by atoms with Gasteiger partial charge in [-0.05, 0) is 0 Å². The lowest BCUT2D eigenvalue weighted by atomic mass is 10.3. The summed E-state index contributed by atoms with van der Waals surface area (Å²) in [6.07, 6.45) is 1.43. The van der Waals surface area contributed by atoms with Crippen LogP contribution in [-0.4, -0.2) is 40.2 Å². The number of halogens is 1. The Morgan fingerprint density at radius 2 is 2.42 bits per heavy atom. The summed E-state index contributed by atoms with van der Waals surface area (Å²) in [5.74, 6) is -1.93. The molecule has 0 spiro atoms. The van der Waals surface area contributed by atoms with Gasteiger partial charge < -0.3 is 15.3 Å². The molecule has 0 fully saturated rings. The number of nitrogens with one attached hydrogen (secondary N) is 1. The number of oxime groups is 1. The first-order chi connectivity index (χ1) is 9.08. The molecule has 2 N–H and O–H groups in total. The van der Waals surface area contributed by atoms with Crippen molar-refractivity contribution in [2.45, 2.75) is 0 Å². The summed E-state index contributed by atoms with van der Waals surface area (Å²) in [7, 11) is 0. The highest BCUT2D eigenvalue weighted by Gasteiger charge is 2.18. The molecule has 0 unspecified atom stereocenters. The van der Waals surface area contributed by atoms with Gasteiger partial charge in [0.15, 0.2) is 5.13 Å². The fourth-order valence-corrected chi connectivity index (χ4v) is 1.72. The van der Waals surface area contributed by atoms with Gasteiger partial charge in [0.25, 0.3) is 0 Å². The molecule has 1 rings (SSSR count). The number of thiazole rings is 1. The molecule has 0 aliphatic heterocycles. The lowest BCUT2D eigenvalue weighted by molar-refractivity contribution is -0.129. The van der Waals surface area contributed by atoms with E-state index in [1.807, 2.05) is 0 Å². The van der Waals surface area contributed by atoms with E-state index in [1.165, 1.54) is 11.5 Å². The zero-order valence-electron chi connectivity index (χ0n) is 9.63. The van der Waals surface area contributed by atoms with Crippen molar-refractivity contribution in [3.05, 3.63) is 23.7 Å². The Labute approximate surface area is 117 Å². The van der Waals surface area contributed by atoms with Crippen LogP contribution in [0.5, 0.6) is 0 Å². The number of aliphatic carboxylic acids is 1. The Kier molecular flexibility index (Phi) is 5.97. The number of anilines is 1. The highest BCUT2D eigenvalue weighted by atomic mass is 35.5. The summed E-state index contributed by atoms with van der Waals surface area (Å²) in [4.78, 5) is 30.7. The van der Waals surface area contributed by atoms with Gasteiger partial charge in [-0.1, -0.05) is 17.8 Å². The molecule has 7 nitrogen and oxygen atoms in total. The van der Waals surface area contributed by atoms with Crippen molar-refractivity contribution in [3.63, 3.8) is 0 Å². The number of carbonyl (C=O) groups excluding carboxylic acids is 1. The zero-order chi connectivity index (χ0) is 14.3. The number of hydrogen-bond acceptors (Lipinski definition) is 6. The number of carboxylic acids is 1. The van der Waals surface area contributed by atoms with E-state index in [0.717, 1.165) is 11.3 Å². The van der Waals surface area contributed by atoms with Crippen molar-refractivity contribution < 1.29 is 19.5 Å². The minimum atomic E-state index is -1.29. The summed E-state index contributed by atoms with van der Waals surface area (Å²) in [6, 6.07) is 0. The van der Waals surface area contributed by atoms with Gasteiger partial charge in [-0.2, -0.15) is 0 Å². The first-order valence-corrected chi connectivity index (χ1v) is 6.35. The van der Waals surface area contributed by atoms with Crippen LogP contribution in [0.15, 0.2) is 23.2 Å². The fourth-order valence-electron chi connectivity index (χ4n) is 0.942. The fraction of sp³-hybridized carbons (Fsp3) is 0.200. The minimum absolute atomic E-state index is 0.0801. The number of alkyl halides is 1. The number of aromatic nitrogens is 1. The molecule has 0 aliphatic carbocycles. The number of carbonyl (C=O) groups is 2. The lowest BCUT2D eigenvalue weighted by Gasteiger charge is -1.98. The van der Waals surface area contributed by atoms with Crippen LogP contribution >= 0.6 is 22.9 Å². The summed E-state index contributed by atoms with van der Waals surface area (Å²) in [5.41, 5.74) is -0.268. The first-order valence-electron chi connectivity index (χ1n) is 4.94. The van der Waals surface area contributed by atoms with E-state index in [0.29, 0.717) is 0 Å². The lowest BCUT2D eigenvalue weighted by Crippen LogP contribution is -2.16. The van der Waals surface area contributed by atoms with Crippen LogP contribution in [0.25, 0.3) is 0 Å². The van der Waals surface area contributed by atoms with E-state index in [9.17, 15) is 9.59 Å². The maximum Gasteiger partial charge on any atom is 0.360 e. The van der Waals surface area contributed by atoms with Crippen molar-refractivity contribution >= 4 is 45.7 Å². The van der Waals surface area contributed by atoms with Gasteiger partial charge >= 0.3 is 5.97 Å². The van der Waals surface area contributed by atoms with Crippen LogP contribution < -0.4 is 5.32 Å². The van der Waals surface area contributed by atoms with Crippen LogP contribution in [-0.2, 0) is 14.4 Å². The molecule has 1 aromatic rings. The van der Waals surface area contributed by atoms with E-state index in [4.69, 9.17) is 21.5 Å². The molecule has 1 amide bonds. The Bertz CT molecular complexity index is 515. The zero-order valence-corrected chi connectivity index (χ0v) is 11.2. The Balaban J connectivity index is 2.86. The Morgan fingerprint density at radius 3 is 3.00 bits per heavy atom. The molecule has 0 aliphatic rings.